The van der Waals surface area contributed by atoms with Crippen molar-refractivity contribution >= 4 is 21.6 Å². The molecule has 4 rings (SSSR count). The highest BCUT2D eigenvalue weighted by atomic mass is 35.5. The summed E-state index contributed by atoms with van der Waals surface area (Å²) in [5.41, 5.74) is 3.36. The summed E-state index contributed by atoms with van der Waals surface area (Å²) in [5.74, 6) is 0.783. The van der Waals surface area contributed by atoms with E-state index < -0.39 is 10.0 Å². The SMILES string of the molecule is COc1cccc([C@@H](CN2CCN(S(=O)(=O)c3ccc(Cl)cc3)CC2)OCc2ccc(C)cc2)c1. The van der Waals surface area contributed by atoms with Gasteiger partial charge in [0.1, 0.15) is 5.75 Å². The van der Waals surface area contributed by atoms with Gasteiger partial charge in [0.2, 0.25) is 10.0 Å². The van der Waals surface area contributed by atoms with E-state index >= 15 is 0 Å². The molecule has 186 valence electrons. The Labute approximate surface area is 213 Å². The monoisotopic (exact) mass is 514 g/mol. The number of sulfonamides is 1. The molecule has 0 N–H and O–H groups in total. The van der Waals surface area contributed by atoms with Crippen LogP contribution >= 0.6 is 11.6 Å². The second kappa shape index (κ2) is 11.5. The van der Waals surface area contributed by atoms with E-state index in [4.69, 9.17) is 21.1 Å². The lowest BCUT2D eigenvalue weighted by molar-refractivity contribution is 0.00762. The Balaban J connectivity index is 1.43. The van der Waals surface area contributed by atoms with E-state index in [0.717, 1.165) is 16.9 Å². The van der Waals surface area contributed by atoms with Crippen LogP contribution in [0.4, 0.5) is 0 Å². The van der Waals surface area contributed by atoms with Crippen LogP contribution in [0.2, 0.25) is 5.02 Å². The van der Waals surface area contributed by atoms with Gasteiger partial charge < -0.3 is 9.47 Å². The number of ether oxygens (including phenoxy) is 2. The molecule has 0 aromatic heterocycles. The van der Waals surface area contributed by atoms with Crippen LogP contribution in [0.15, 0.2) is 77.7 Å². The van der Waals surface area contributed by atoms with E-state index in [0.29, 0.717) is 44.4 Å². The van der Waals surface area contributed by atoms with E-state index in [2.05, 4.69) is 36.1 Å². The van der Waals surface area contributed by atoms with Crippen molar-refractivity contribution < 1.29 is 17.9 Å². The van der Waals surface area contributed by atoms with Gasteiger partial charge in [0.05, 0.1) is 24.7 Å². The van der Waals surface area contributed by atoms with Crippen molar-refractivity contribution in [3.8, 4) is 5.75 Å². The number of piperazine rings is 1. The lowest BCUT2D eigenvalue weighted by Gasteiger charge is -2.36. The molecule has 35 heavy (non-hydrogen) atoms. The Morgan fingerprint density at radius 3 is 2.29 bits per heavy atom. The summed E-state index contributed by atoms with van der Waals surface area (Å²) < 4.78 is 39.4. The molecule has 1 aliphatic rings. The second-order valence-electron chi connectivity index (χ2n) is 8.72. The highest BCUT2D eigenvalue weighted by Gasteiger charge is 2.29. The quantitative estimate of drug-likeness (QED) is 0.405. The van der Waals surface area contributed by atoms with Crippen LogP contribution in [0.5, 0.6) is 5.75 Å². The van der Waals surface area contributed by atoms with Crippen molar-refractivity contribution in [1.82, 2.24) is 9.21 Å². The molecule has 1 heterocycles. The van der Waals surface area contributed by atoms with E-state index in [1.54, 1.807) is 35.7 Å². The second-order valence-corrected chi connectivity index (χ2v) is 11.1. The van der Waals surface area contributed by atoms with Crippen LogP contribution in [-0.2, 0) is 21.4 Å². The van der Waals surface area contributed by atoms with Crippen molar-refractivity contribution in [2.24, 2.45) is 0 Å². The molecule has 1 saturated heterocycles. The highest BCUT2D eigenvalue weighted by Crippen LogP contribution is 2.26. The smallest absolute Gasteiger partial charge is 0.243 e. The van der Waals surface area contributed by atoms with Gasteiger partial charge in [-0.15, -0.1) is 0 Å². The van der Waals surface area contributed by atoms with Gasteiger partial charge in [0.15, 0.2) is 0 Å². The Morgan fingerprint density at radius 2 is 1.63 bits per heavy atom. The number of methoxy groups -OCH3 is 1. The molecular formula is C27H31ClN2O4S. The summed E-state index contributed by atoms with van der Waals surface area (Å²) in [6, 6.07) is 22.6. The molecule has 0 spiro atoms. The van der Waals surface area contributed by atoms with Gasteiger partial charge in [0, 0.05) is 37.7 Å². The van der Waals surface area contributed by atoms with Gasteiger partial charge in [-0.05, 0) is 54.4 Å². The first-order valence-corrected chi connectivity index (χ1v) is 13.5. The minimum Gasteiger partial charge on any atom is -0.497 e. The lowest BCUT2D eigenvalue weighted by Crippen LogP contribution is -2.49. The number of aryl methyl sites for hydroxylation is 1. The molecule has 1 fully saturated rings. The minimum absolute atomic E-state index is 0.175. The fourth-order valence-corrected chi connectivity index (χ4v) is 5.67. The molecule has 0 amide bonds. The highest BCUT2D eigenvalue weighted by molar-refractivity contribution is 7.89. The molecule has 1 aliphatic heterocycles. The third-order valence-electron chi connectivity index (χ3n) is 6.24. The zero-order valence-corrected chi connectivity index (χ0v) is 21.6. The van der Waals surface area contributed by atoms with Crippen LogP contribution in [0.3, 0.4) is 0 Å². The molecule has 0 unspecified atom stereocenters. The molecule has 1 atom stereocenters. The van der Waals surface area contributed by atoms with E-state index in [1.807, 2.05) is 24.3 Å². The number of halogens is 1. The zero-order chi connectivity index (χ0) is 24.8. The Kier molecular flexibility index (Phi) is 8.46. The van der Waals surface area contributed by atoms with Gasteiger partial charge in [-0.2, -0.15) is 4.31 Å². The van der Waals surface area contributed by atoms with Crippen molar-refractivity contribution in [2.75, 3.05) is 39.8 Å². The summed E-state index contributed by atoms with van der Waals surface area (Å²) in [5, 5.41) is 0.517. The average Bonchev–Trinajstić information content (AvgIpc) is 2.88. The molecule has 6 nitrogen and oxygen atoms in total. The largest absolute Gasteiger partial charge is 0.497 e. The molecule has 0 bridgehead atoms. The van der Waals surface area contributed by atoms with Gasteiger partial charge >= 0.3 is 0 Å². The third kappa shape index (κ3) is 6.63. The summed E-state index contributed by atoms with van der Waals surface area (Å²) >= 11 is 5.92. The first kappa shape index (κ1) is 25.7. The predicted molar refractivity (Wildman–Crippen MR) is 138 cm³/mol. The summed E-state index contributed by atoms with van der Waals surface area (Å²) in [6.45, 7) is 5.32. The maximum atomic E-state index is 13.0. The fraction of sp³-hybridized carbons (Fsp3) is 0.333. The van der Waals surface area contributed by atoms with Gasteiger partial charge in [-0.25, -0.2) is 8.42 Å². The van der Waals surface area contributed by atoms with Crippen LogP contribution in [0, 0.1) is 6.92 Å². The number of hydrogen-bond acceptors (Lipinski definition) is 5. The Morgan fingerprint density at radius 1 is 0.943 bits per heavy atom. The number of nitrogens with zero attached hydrogens (tertiary/aromatic N) is 2. The van der Waals surface area contributed by atoms with Gasteiger partial charge in [0.25, 0.3) is 0 Å². The zero-order valence-electron chi connectivity index (χ0n) is 20.1. The minimum atomic E-state index is -3.54. The normalized spacial score (nSPS) is 16.2. The number of benzene rings is 3. The van der Waals surface area contributed by atoms with Crippen LogP contribution in [0.1, 0.15) is 22.8 Å². The van der Waals surface area contributed by atoms with Crippen LogP contribution < -0.4 is 4.74 Å². The third-order valence-corrected chi connectivity index (χ3v) is 8.41. The molecular weight excluding hydrogens is 484 g/mol. The van der Waals surface area contributed by atoms with Gasteiger partial charge in [-0.1, -0.05) is 53.6 Å². The number of rotatable bonds is 9. The van der Waals surface area contributed by atoms with Crippen molar-refractivity contribution in [3.63, 3.8) is 0 Å². The average molecular weight is 515 g/mol. The molecule has 3 aromatic carbocycles. The molecule has 8 heteroatoms. The summed E-state index contributed by atoms with van der Waals surface area (Å²) in [4.78, 5) is 2.53. The van der Waals surface area contributed by atoms with Gasteiger partial charge in [-0.3, -0.25) is 4.90 Å². The summed E-state index contributed by atoms with van der Waals surface area (Å²) in [6.07, 6.45) is -0.175. The Hall–Kier alpha value is -2.42. The fourth-order valence-electron chi connectivity index (χ4n) is 4.12. The Bertz CT molecular complexity index is 1210. The predicted octanol–water partition coefficient (Wildman–Crippen LogP) is 4.92. The van der Waals surface area contributed by atoms with E-state index in [-0.39, 0.29) is 11.0 Å². The van der Waals surface area contributed by atoms with Crippen LogP contribution in [0.25, 0.3) is 0 Å². The summed E-state index contributed by atoms with van der Waals surface area (Å²) in [7, 11) is -1.89. The van der Waals surface area contributed by atoms with Crippen LogP contribution in [-0.4, -0.2) is 57.5 Å². The molecule has 3 aromatic rings. The van der Waals surface area contributed by atoms with Crippen molar-refractivity contribution in [3.05, 3.63) is 94.5 Å². The molecule has 0 saturated carbocycles. The first-order chi connectivity index (χ1) is 16.8. The lowest BCUT2D eigenvalue weighted by atomic mass is 10.1. The standard InChI is InChI=1S/C27H31ClN2O4S/c1-21-6-8-22(9-7-21)20-34-27(23-4-3-5-25(18-23)33-2)19-29-14-16-30(17-15-29)35(31,32)26-12-10-24(28)11-13-26/h3-13,18,27H,14-17,19-20H2,1-2H3/t27-/m1/s1. The van der Waals surface area contributed by atoms with Crippen molar-refractivity contribution in [1.29, 1.82) is 0 Å². The van der Waals surface area contributed by atoms with E-state index in [1.165, 1.54) is 5.56 Å². The molecule has 0 aliphatic carbocycles. The van der Waals surface area contributed by atoms with Crippen molar-refractivity contribution in [2.45, 2.75) is 24.5 Å². The first-order valence-electron chi connectivity index (χ1n) is 11.6. The topological polar surface area (TPSA) is 59.1 Å². The number of hydrogen-bond donors (Lipinski definition) is 0. The maximum Gasteiger partial charge on any atom is 0.243 e. The maximum absolute atomic E-state index is 13.0. The van der Waals surface area contributed by atoms with E-state index in [9.17, 15) is 8.42 Å². The molecule has 0 radical (unpaired) electrons.